The van der Waals surface area contributed by atoms with E-state index in [9.17, 15) is 14.4 Å². The van der Waals surface area contributed by atoms with Crippen molar-refractivity contribution in [1.29, 1.82) is 0 Å². The predicted molar refractivity (Wildman–Crippen MR) is 237 cm³/mol. The Labute approximate surface area is 354 Å². The predicted octanol–water partition coefficient (Wildman–Crippen LogP) is 6.13. The number of nitrogens with one attached hydrogen (secondary N) is 3. The minimum absolute atomic E-state index is 0.184. The quantitative estimate of drug-likeness (QED) is 0.0987. The molecule has 3 aliphatic heterocycles. The number of rotatable bonds is 12. The third-order valence-corrected chi connectivity index (χ3v) is 13.2. The number of pyridine rings is 1. The van der Waals surface area contributed by atoms with Crippen LogP contribution in [0.2, 0.25) is 0 Å². The average Bonchev–Trinajstić information content (AvgIpc) is 3.80. The number of nitrogens with zero attached hydrogens (tertiary/aromatic N) is 8. The van der Waals surface area contributed by atoms with Crippen LogP contribution < -0.4 is 31.3 Å². The molecule has 3 saturated heterocycles. The van der Waals surface area contributed by atoms with Gasteiger partial charge in [0, 0.05) is 80.1 Å². The number of amides is 2. The fraction of sp³-hybridized carbons (Fsp3) is 0.435. The number of piperazine rings is 1. The van der Waals surface area contributed by atoms with Gasteiger partial charge in [-0.3, -0.25) is 24.6 Å². The van der Waals surface area contributed by atoms with Gasteiger partial charge in [0.05, 0.1) is 12.2 Å². The monoisotopic (exact) mass is 827 g/mol. The number of fused-ring (bicyclic) bond motifs is 2. The van der Waals surface area contributed by atoms with E-state index in [1.54, 1.807) is 27.7 Å². The molecule has 318 valence electrons. The maximum absolute atomic E-state index is 15.4. The molecule has 0 radical (unpaired) electrons. The highest BCUT2D eigenvalue weighted by atomic mass is 19.1. The molecular weight excluding hydrogens is 774 g/mol. The number of imide groups is 1. The highest BCUT2D eigenvalue weighted by molar-refractivity contribution is 6.01. The molecule has 6 heterocycles. The molecule has 3 atom stereocenters. The minimum atomic E-state index is -0.551. The number of hydrogen-bond acceptors (Lipinski definition) is 11. The molecule has 5 aromatic rings. The fourth-order valence-corrected chi connectivity index (χ4v) is 9.65. The molecule has 15 heteroatoms. The lowest BCUT2D eigenvalue weighted by molar-refractivity contribution is -0.133. The van der Waals surface area contributed by atoms with E-state index in [-0.39, 0.29) is 29.6 Å². The van der Waals surface area contributed by atoms with E-state index in [0.29, 0.717) is 65.0 Å². The number of anilines is 5. The van der Waals surface area contributed by atoms with Crippen LogP contribution in [0.3, 0.4) is 0 Å². The molecule has 0 spiro atoms. The Kier molecular flexibility index (Phi) is 11.3. The van der Waals surface area contributed by atoms with E-state index in [2.05, 4.69) is 74.4 Å². The Morgan fingerprint density at radius 2 is 1.72 bits per heavy atom. The summed E-state index contributed by atoms with van der Waals surface area (Å²) < 4.78 is 18.8. The number of allylic oxidation sites excluding steroid dienone is 1. The van der Waals surface area contributed by atoms with Crippen molar-refractivity contribution >= 4 is 51.5 Å². The molecule has 3 N–H and O–H groups in total. The van der Waals surface area contributed by atoms with Crippen LogP contribution in [0, 0.1) is 11.7 Å². The summed E-state index contributed by atoms with van der Waals surface area (Å²) in [6.45, 7) is 10.8. The van der Waals surface area contributed by atoms with Crippen molar-refractivity contribution in [3.63, 3.8) is 0 Å². The normalized spacial score (nSPS) is 21.1. The minimum Gasteiger partial charge on any atom is -0.374 e. The maximum atomic E-state index is 15.4. The second kappa shape index (κ2) is 17.1. The lowest BCUT2D eigenvalue weighted by atomic mass is 9.88. The summed E-state index contributed by atoms with van der Waals surface area (Å²) in [5.41, 5.74) is 5.82. The second-order valence-electron chi connectivity index (χ2n) is 17.0. The molecule has 3 unspecified atom stereocenters. The van der Waals surface area contributed by atoms with Gasteiger partial charge in [0.15, 0.2) is 11.5 Å². The Hall–Kier alpha value is -6.09. The van der Waals surface area contributed by atoms with Gasteiger partial charge < -0.3 is 20.4 Å². The number of carbonyl (C=O) groups is 2. The van der Waals surface area contributed by atoms with Crippen LogP contribution in [0.4, 0.5) is 33.1 Å². The van der Waals surface area contributed by atoms with Gasteiger partial charge in [0.2, 0.25) is 17.8 Å². The molecule has 9 rings (SSSR count). The highest BCUT2D eigenvalue weighted by Gasteiger charge is 2.31. The third-order valence-electron chi connectivity index (χ3n) is 13.2. The van der Waals surface area contributed by atoms with E-state index in [1.807, 2.05) is 24.3 Å². The maximum Gasteiger partial charge on any atom is 0.278 e. The second-order valence-corrected chi connectivity index (χ2v) is 17.0. The lowest BCUT2D eigenvalue weighted by Gasteiger charge is -2.43. The average molecular weight is 828 g/mol. The van der Waals surface area contributed by atoms with Crippen LogP contribution >= 0.6 is 0 Å². The summed E-state index contributed by atoms with van der Waals surface area (Å²) in [5, 5.41) is 9.20. The van der Waals surface area contributed by atoms with Crippen LogP contribution in [-0.4, -0.2) is 92.9 Å². The zero-order chi connectivity index (χ0) is 42.2. The first-order chi connectivity index (χ1) is 29.6. The number of aryl methyl sites for hydroxylation is 1. The molecule has 3 aromatic heterocycles. The molecular formula is C46H54FN11O3. The zero-order valence-electron chi connectivity index (χ0n) is 34.9. The summed E-state index contributed by atoms with van der Waals surface area (Å²) in [7, 11) is 2.22. The molecule has 2 aromatic carbocycles. The van der Waals surface area contributed by atoms with Crippen LogP contribution in [0.1, 0.15) is 69.0 Å². The molecule has 61 heavy (non-hydrogen) atoms. The number of benzene rings is 2. The molecule has 1 aliphatic carbocycles. The zero-order valence-corrected chi connectivity index (χ0v) is 34.9. The highest BCUT2D eigenvalue weighted by Crippen LogP contribution is 2.35. The summed E-state index contributed by atoms with van der Waals surface area (Å²) in [5.74, 6) is 1.05. The SMILES string of the molecule is C=CCn1c(=O)c2cnc(Nc3ccc(N4CCN(C)C(CC5CCN(c6ccc(NC7CCC(=O)NC7=O)cc6F)CC5)C4)cc3)nc2n1-c1ccc2c(n1)C(CC)CC2. The van der Waals surface area contributed by atoms with E-state index in [0.717, 1.165) is 88.3 Å². The van der Waals surface area contributed by atoms with Crippen molar-refractivity contribution in [3.8, 4) is 5.82 Å². The van der Waals surface area contributed by atoms with E-state index in [1.165, 1.54) is 11.6 Å². The van der Waals surface area contributed by atoms with Crippen molar-refractivity contribution < 1.29 is 14.0 Å². The van der Waals surface area contributed by atoms with Crippen molar-refractivity contribution in [2.24, 2.45) is 5.92 Å². The number of carbonyl (C=O) groups excluding carboxylic acids is 2. The van der Waals surface area contributed by atoms with E-state index < -0.39 is 6.04 Å². The first-order valence-corrected chi connectivity index (χ1v) is 21.7. The molecule has 2 amide bonds. The Bertz CT molecular complexity index is 2510. The summed E-state index contributed by atoms with van der Waals surface area (Å²) >= 11 is 0. The Balaban J connectivity index is 0.823. The lowest BCUT2D eigenvalue weighted by Crippen LogP contribution is -2.52. The van der Waals surface area contributed by atoms with Gasteiger partial charge in [-0.25, -0.2) is 23.7 Å². The van der Waals surface area contributed by atoms with Gasteiger partial charge in [-0.1, -0.05) is 19.1 Å². The molecule has 4 aliphatic rings. The van der Waals surface area contributed by atoms with Gasteiger partial charge in [0.1, 0.15) is 17.2 Å². The van der Waals surface area contributed by atoms with Crippen molar-refractivity contribution in [3.05, 3.63) is 101 Å². The van der Waals surface area contributed by atoms with Gasteiger partial charge >= 0.3 is 0 Å². The van der Waals surface area contributed by atoms with Crippen LogP contribution in [-0.2, 0) is 22.6 Å². The van der Waals surface area contributed by atoms with Crippen molar-refractivity contribution in [1.82, 2.24) is 34.5 Å². The summed E-state index contributed by atoms with van der Waals surface area (Å²) in [6.07, 6.45) is 10.2. The molecule has 14 nitrogen and oxygen atoms in total. The number of piperidine rings is 2. The largest absolute Gasteiger partial charge is 0.374 e. The van der Waals surface area contributed by atoms with Gasteiger partial charge in [-0.2, -0.15) is 4.98 Å². The molecule has 0 saturated carbocycles. The van der Waals surface area contributed by atoms with E-state index >= 15 is 4.39 Å². The number of hydrogen-bond donors (Lipinski definition) is 3. The van der Waals surface area contributed by atoms with Crippen molar-refractivity contribution in [2.45, 2.75) is 82.8 Å². The van der Waals surface area contributed by atoms with Gasteiger partial charge in [0.25, 0.3) is 5.56 Å². The van der Waals surface area contributed by atoms with Gasteiger partial charge in [-0.15, -0.1) is 6.58 Å². The molecule has 3 fully saturated rings. The summed E-state index contributed by atoms with van der Waals surface area (Å²) in [4.78, 5) is 58.8. The first-order valence-electron chi connectivity index (χ1n) is 21.7. The van der Waals surface area contributed by atoms with Crippen molar-refractivity contribution in [2.75, 3.05) is 60.2 Å². The van der Waals surface area contributed by atoms with Crippen LogP contribution in [0.25, 0.3) is 16.9 Å². The van der Waals surface area contributed by atoms with Crippen LogP contribution in [0.5, 0.6) is 0 Å². The standard InChI is InChI=1S/C46H54FN11O3/c1-4-20-57-45(61)36-27-48-46(53-43(36)58(57)40-16-8-31-7-6-30(5-2)42(31)51-40)50-32-9-12-34(13-10-32)56-24-23-54(3)35(28-56)25-29-18-21-55(22-19-29)39-15-11-33(26-37(39)47)49-38-14-17-41(59)52-44(38)60/h4,8-13,15-16,26-27,29-30,35,38,49H,1,5-7,14,17-25,28H2,2-3H3,(H,48,50,53)(H,52,59,60). The Morgan fingerprint density at radius 3 is 2.48 bits per heavy atom. The van der Waals surface area contributed by atoms with E-state index in [4.69, 9.17) is 9.97 Å². The number of halogens is 1. The number of likely N-dealkylation sites (N-methyl/N-ethyl adjacent to an activating group) is 1. The number of aromatic nitrogens is 5. The smallest absolute Gasteiger partial charge is 0.278 e. The Morgan fingerprint density at radius 1 is 0.918 bits per heavy atom. The van der Waals surface area contributed by atoms with Crippen LogP contribution in [0.15, 0.2) is 78.2 Å². The van der Waals surface area contributed by atoms with Gasteiger partial charge in [-0.05, 0) is 112 Å². The molecule has 0 bridgehead atoms. The fourth-order valence-electron chi connectivity index (χ4n) is 9.65. The first kappa shape index (κ1) is 40.3. The summed E-state index contributed by atoms with van der Waals surface area (Å²) in [6, 6.07) is 17.4. The third kappa shape index (κ3) is 8.22. The topological polar surface area (TPSA) is 146 Å².